The van der Waals surface area contributed by atoms with E-state index in [9.17, 15) is 20.4 Å². The van der Waals surface area contributed by atoms with Gasteiger partial charge in [-0.1, -0.05) is 0 Å². The third-order valence-electron chi connectivity index (χ3n) is 7.35. The molecule has 0 aromatic carbocycles. The molecule has 7 heterocycles. The summed E-state index contributed by atoms with van der Waals surface area (Å²) in [5.41, 5.74) is 1.87. The third-order valence-corrected chi connectivity index (χ3v) is 7.35. The Hall–Kier alpha value is -1.32. The molecule has 28 heavy (non-hydrogen) atoms. The van der Waals surface area contributed by atoms with E-state index in [0.29, 0.717) is 11.8 Å². The zero-order valence-corrected chi connectivity index (χ0v) is 15.9. The largest absolute Gasteiger partial charge is 0.462 e. The molecule has 0 spiro atoms. The van der Waals surface area contributed by atoms with Gasteiger partial charge in [0.1, 0.15) is 29.8 Å². The van der Waals surface area contributed by atoms with E-state index < -0.39 is 36.9 Å². The molecule has 156 valence electrons. The maximum atomic E-state index is 11.2. The van der Waals surface area contributed by atoms with Crippen molar-refractivity contribution in [2.45, 2.75) is 50.1 Å². The summed E-state index contributed by atoms with van der Waals surface area (Å²) in [7, 11) is 0. The van der Waals surface area contributed by atoms with Gasteiger partial charge in [-0.3, -0.25) is 0 Å². The Labute approximate surface area is 164 Å². The fourth-order valence-corrected chi connectivity index (χ4v) is 5.77. The lowest BCUT2D eigenvalue weighted by atomic mass is 9.74. The number of hydrogen-bond acceptors (Lipinski definition) is 8. The SMILES string of the molecule is OC[C@@H](O)[C@@H](O)[C@H](O)[C@@H](O)C1C2=C(OC3=C1N1CCC3CC1)C1CCN2CC1. The van der Waals surface area contributed by atoms with Crippen molar-refractivity contribution in [2.24, 2.45) is 17.8 Å². The molecule has 4 bridgehead atoms. The van der Waals surface area contributed by atoms with Crippen molar-refractivity contribution >= 4 is 0 Å². The lowest BCUT2D eigenvalue weighted by molar-refractivity contribution is -0.128. The highest BCUT2D eigenvalue weighted by Gasteiger charge is 2.52. The zero-order valence-electron chi connectivity index (χ0n) is 15.9. The van der Waals surface area contributed by atoms with Gasteiger partial charge >= 0.3 is 0 Å². The van der Waals surface area contributed by atoms with Gasteiger partial charge in [0, 0.05) is 38.0 Å². The van der Waals surface area contributed by atoms with Crippen LogP contribution < -0.4 is 0 Å². The molecule has 4 atom stereocenters. The monoisotopic (exact) mass is 394 g/mol. The van der Waals surface area contributed by atoms with Crippen LogP contribution in [0.2, 0.25) is 0 Å². The summed E-state index contributed by atoms with van der Waals surface area (Å²) in [6.07, 6.45) is -1.86. The van der Waals surface area contributed by atoms with E-state index in [4.69, 9.17) is 9.84 Å². The molecule has 7 aliphatic heterocycles. The van der Waals surface area contributed by atoms with Crippen LogP contribution in [-0.4, -0.2) is 92.5 Å². The molecular weight excluding hydrogens is 364 g/mol. The Kier molecular flexibility index (Phi) is 4.59. The molecule has 7 rings (SSSR count). The topological polar surface area (TPSA) is 117 Å². The van der Waals surface area contributed by atoms with Gasteiger partial charge in [0.2, 0.25) is 0 Å². The molecule has 0 radical (unpaired) electrons. The highest BCUT2D eigenvalue weighted by molar-refractivity contribution is 5.38. The number of aliphatic hydroxyl groups excluding tert-OH is 5. The Morgan fingerprint density at radius 1 is 0.786 bits per heavy atom. The number of allylic oxidation sites excluding steroid dienone is 2. The van der Waals surface area contributed by atoms with Crippen molar-refractivity contribution in [2.75, 3.05) is 32.8 Å². The third kappa shape index (κ3) is 2.62. The second kappa shape index (κ2) is 6.88. The quantitative estimate of drug-likeness (QED) is 0.401. The summed E-state index contributed by atoms with van der Waals surface area (Å²) in [5, 5.41) is 51.0. The maximum Gasteiger partial charge on any atom is 0.127 e. The minimum absolute atomic E-state index is 0.337. The van der Waals surface area contributed by atoms with Crippen molar-refractivity contribution in [3.05, 3.63) is 22.9 Å². The molecule has 0 unspecified atom stereocenters. The van der Waals surface area contributed by atoms with Crippen molar-refractivity contribution < 1.29 is 30.3 Å². The lowest BCUT2D eigenvalue weighted by Crippen LogP contribution is -2.57. The average molecular weight is 394 g/mol. The summed E-state index contributed by atoms with van der Waals surface area (Å²) in [5.74, 6) is 2.05. The fourth-order valence-electron chi connectivity index (χ4n) is 5.77. The van der Waals surface area contributed by atoms with Gasteiger partial charge in [-0.15, -0.1) is 0 Å². The van der Waals surface area contributed by atoms with Gasteiger partial charge in [-0.25, -0.2) is 0 Å². The Morgan fingerprint density at radius 3 is 1.68 bits per heavy atom. The summed E-state index contributed by atoms with van der Waals surface area (Å²) in [6.45, 7) is 2.93. The predicted octanol–water partition coefficient (Wildman–Crippen LogP) is -1.06. The van der Waals surface area contributed by atoms with Crippen LogP contribution in [0.1, 0.15) is 25.7 Å². The molecule has 5 N–H and O–H groups in total. The first-order valence-electron chi connectivity index (χ1n) is 10.5. The van der Waals surface area contributed by atoms with E-state index >= 15 is 0 Å². The van der Waals surface area contributed by atoms with E-state index in [2.05, 4.69) is 9.80 Å². The van der Waals surface area contributed by atoms with E-state index in [1.54, 1.807) is 0 Å². The number of fused-ring (bicyclic) bond motifs is 4. The Balaban J connectivity index is 1.56. The summed E-state index contributed by atoms with van der Waals surface area (Å²) < 4.78 is 6.48. The molecule has 0 aromatic heterocycles. The molecule has 2 fully saturated rings. The van der Waals surface area contributed by atoms with Crippen LogP contribution in [0.3, 0.4) is 0 Å². The van der Waals surface area contributed by atoms with Crippen LogP contribution in [0, 0.1) is 17.8 Å². The van der Waals surface area contributed by atoms with Gasteiger partial charge in [-0.2, -0.15) is 0 Å². The summed E-state index contributed by atoms with van der Waals surface area (Å²) in [6, 6.07) is 0. The number of rotatable bonds is 5. The number of nitrogens with zero attached hydrogens (tertiary/aromatic N) is 2. The van der Waals surface area contributed by atoms with Gasteiger partial charge in [0.05, 0.1) is 30.0 Å². The van der Waals surface area contributed by atoms with Crippen LogP contribution in [0.15, 0.2) is 22.9 Å². The smallest absolute Gasteiger partial charge is 0.127 e. The molecule has 0 aliphatic carbocycles. The Bertz CT molecular complexity index is 649. The number of ether oxygens (including phenoxy) is 1. The summed E-state index contributed by atoms with van der Waals surface area (Å²) >= 11 is 0. The second-order valence-corrected chi connectivity index (χ2v) is 8.82. The van der Waals surface area contributed by atoms with Crippen LogP contribution in [0.25, 0.3) is 0 Å². The highest BCUT2D eigenvalue weighted by atomic mass is 16.5. The van der Waals surface area contributed by atoms with Gasteiger partial charge in [0.25, 0.3) is 0 Å². The number of aliphatic hydroxyl groups is 5. The first kappa shape index (κ1) is 18.7. The van der Waals surface area contributed by atoms with E-state index in [-0.39, 0.29) is 0 Å². The normalized spacial score (nSPS) is 29.6. The highest BCUT2D eigenvalue weighted by Crippen LogP contribution is 2.53. The average Bonchev–Trinajstić information content (AvgIpc) is 2.77. The van der Waals surface area contributed by atoms with Gasteiger partial charge in [0.15, 0.2) is 0 Å². The molecule has 2 saturated heterocycles. The van der Waals surface area contributed by atoms with E-state index in [0.717, 1.165) is 74.8 Å². The standard InChI is InChI=1S/C20H30N2O6/c23-9-12(24)16(25)18(27)17(26)13-14-19(10-1-5-21(14)6-2-10)28-20-11-3-7-22(8-4-11)15(13)20/h10-13,16-18,23-27H,1-9H2/t12-,16-,17+,18+/m1/s1. The van der Waals surface area contributed by atoms with Crippen LogP contribution in [0.5, 0.6) is 0 Å². The minimum Gasteiger partial charge on any atom is -0.462 e. The fraction of sp³-hybridized carbons (Fsp3) is 0.800. The molecule has 8 nitrogen and oxygen atoms in total. The second-order valence-electron chi connectivity index (χ2n) is 8.82. The molecule has 0 aromatic rings. The maximum absolute atomic E-state index is 11.2. The van der Waals surface area contributed by atoms with Crippen molar-refractivity contribution in [3.63, 3.8) is 0 Å². The van der Waals surface area contributed by atoms with Crippen molar-refractivity contribution in [1.29, 1.82) is 0 Å². The van der Waals surface area contributed by atoms with Crippen molar-refractivity contribution in [1.82, 2.24) is 9.80 Å². The predicted molar refractivity (Wildman–Crippen MR) is 98.3 cm³/mol. The molecule has 0 amide bonds. The number of hydrogen-bond donors (Lipinski definition) is 5. The van der Waals surface area contributed by atoms with E-state index in [1.807, 2.05) is 0 Å². The number of piperidine rings is 2. The van der Waals surface area contributed by atoms with Gasteiger partial charge < -0.3 is 40.1 Å². The van der Waals surface area contributed by atoms with Gasteiger partial charge in [-0.05, 0) is 25.7 Å². The van der Waals surface area contributed by atoms with Crippen LogP contribution >= 0.6 is 0 Å². The van der Waals surface area contributed by atoms with E-state index in [1.165, 1.54) is 0 Å². The first-order valence-corrected chi connectivity index (χ1v) is 10.5. The van der Waals surface area contributed by atoms with Crippen LogP contribution in [0.4, 0.5) is 0 Å². The zero-order chi connectivity index (χ0) is 19.6. The first-order chi connectivity index (χ1) is 13.5. The molecule has 0 saturated carbocycles. The summed E-state index contributed by atoms with van der Waals surface area (Å²) in [4.78, 5) is 4.50. The Morgan fingerprint density at radius 2 is 1.25 bits per heavy atom. The molecular formula is C20H30N2O6. The lowest BCUT2D eigenvalue weighted by Gasteiger charge is -2.55. The molecule has 8 heteroatoms. The van der Waals surface area contributed by atoms with Crippen LogP contribution in [-0.2, 0) is 4.74 Å². The minimum atomic E-state index is -1.62. The molecule has 7 aliphatic rings. The van der Waals surface area contributed by atoms with Crippen molar-refractivity contribution in [3.8, 4) is 0 Å².